The van der Waals surface area contributed by atoms with E-state index < -0.39 is 17.8 Å². The summed E-state index contributed by atoms with van der Waals surface area (Å²) in [6.45, 7) is 8.05. The highest BCUT2D eigenvalue weighted by Gasteiger charge is 2.39. The SMILES string of the molecule is COc1ccc(-c2nc3c(C(=O)N(CCN(C)[C@@H](C)c4nccs4)C(C)C)cnn3c(C(F)(F)F)c2C)cc1. The van der Waals surface area contributed by atoms with E-state index in [0.29, 0.717) is 24.4 Å². The van der Waals surface area contributed by atoms with E-state index in [1.54, 1.807) is 46.7 Å². The van der Waals surface area contributed by atoms with Crippen LogP contribution in [0.3, 0.4) is 0 Å². The van der Waals surface area contributed by atoms with Gasteiger partial charge < -0.3 is 9.64 Å². The van der Waals surface area contributed by atoms with Crippen LogP contribution in [0, 0.1) is 6.92 Å². The number of fused-ring (bicyclic) bond motifs is 1. The molecule has 0 N–H and O–H groups in total. The van der Waals surface area contributed by atoms with Crippen LogP contribution in [0.2, 0.25) is 0 Å². The largest absolute Gasteiger partial charge is 0.497 e. The Morgan fingerprint density at radius 1 is 1.15 bits per heavy atom. The van der Waals surface area contributed by atoms with Crippen molar-refractivity contribution in [2.24, 2.45) is 0 Å². The molecule has 0 aliphatic heterocycles. The molecular formula is C27H31F3N6O2S. The van der Waals surface area contributed by atoms with Crippen LogP contribution in [-0.2, 0) is 6.18 Å². The van der Waals surface area contributed by atoms with E-state index in [-0.39, 0.29) is 34.6 Å². The number of likely N-dealkylation sites (N-methyl/N-ethyl adjacent to an activating group) is 1. The molecule has 1 aromatic carbocycles. The molecule has 3 heterocycles. The third-order valence-corrected chi connectivity index (χ3v) is 7.74. The highest BCUT2D eigenvalue weighted by Crippen LogP contribution is 2.37. The fraction of sp³-hybridized carbons (Fsp3) is 0.407. The van der Waals surface area contributed by atoms with Crippen molar-refractivity contribution in [1.82, 2.24) is 29.4 Å². The minimum atomic E-state index is -4.72. The number of carbonyl (C=O) groups excluding carboxylic acids is 1. The van der Waals surface area contributed by atoms with E-state index in [1.807, 2.05) is 33.2 Å². The average molecular weight is 561 g/mol. The van der Waals surface area contributed by atoms with Gasteiger partial charge in [0.25, 0.3) is 5.91 Å². The number of hydrogen-bond donors (Lipinski definition) is 0. The van der Waals surface area contributed by atoms with Gasteiger partial charge in [0, 0.05) is 41.8 Å². The number of alkyl halides is 3. The predicted molar refractivity (Wildman–Crippen MR) is 144 cm³/mol. The van der Waals surface area contributed by atoms with Gasteiger partial charge in [0.05, 0.1) is 25.0 Å². The Morgan fingerprint density at radius 2 is 1.85 bits per heavy atom. The number of aromatic nitrogens is 4. The molecule has 0 saturated carbocycles. The zero-order chi connectivity index (χ0) is 28.5. The summed E-state index contributed by atoms with van der Waals surface area (Å²) in [5.74, 6) is 0.135. The first kappa shape index (κ1) is 28.5. The second-order valence-electron chi connectivity index (χ2n) is 9.57. The number of halogens is 3. The molecule has 3 aromatic heterocycles. The fourth-order valence-corrected chi connectivity index (χ4v) is 5.18. The molecule has 39 heavy (non-hydrogen) atoms. The highest BCUT2D eigenvalue weighted by atomic mass is 32.1. The number of ether oxygens (including phenoxy) is 1. The molecular weight excluding hydrogens is 529 g/mol. The van der Waals surface area contributed by atoms with Crippen LogP contribution in [0.15, 0.2) is 42.0 Å². The van der Waals surface area contributed by atoms with Crippen molar-refractivity contribution in [2.75, 3.05) is 27.2 Å². The summed E-state index contributed by atoms with van der Waals surface area (Å²) in [5, 5.41) is 6.86. The van der Waals surface area contributed by atoms with Gasteiger partial charge in [0.2, 0.25) is 0 Å². The number of benzene rings is 1. The van der Waals surface area contributed by atoms with Crippen molar-refractivity contribution in [3.8, 4) is 17.0 Å². The minimum Gasteiger partial charge on any atom is -0.497 e. The van der Waals surface area contributed by atoms with Crippen LogP contribution in [-0.4, -0.2) is 68.6 Å². The van der Waals surface area contributed by atoms with Gasteiger partial charge in [0.1, 0.15) is 16.3 Å². The molecule has 8 nitrogen and oxygen atoms in total. The summed E-state index contributed by atoms with van der Waals surface area (Å²) >= 11 is 1.56. The summed E-state index contributed by atoms with van der Waals surface area (Å²) < 4.78 is 48.7. The highest BCUT2D eigenvalue weighted by molar-refractivity contribution is 7.09. The second-order valence-corrected chi connectivity index (χ2v) is 10.5. The molecule has 1 atom stereocenters. The Bertz CT molecular complexity index is 1430. The lowest BCUT2D eigenvalue weighted by Crippen LogP contribution is -2.42. The van der Waals surface area contributed by atoms with Gasteiger partial charge in [-0.05, 0) is 59.0 Å². The van der Waals surface area contributed by atoms with Crippen LogP contribution >= 0.6 is 11.3 Å². The zero-order valence-corrected chi connectivity index (χ0v) is 23.5. The molecule has 0 spiro atoms. The smallest absolute Gasteiger partial charge is 0.433 e. The molecule has 0 radical (unpaired) electrons. The summed E-state index contributed by atoms with van der Waals surface area (Å²) in [5.41, 5.74) is -0.579. The summed E-state index contributed by atoms with van der Waals surface area (Å²) in [6, 6.07) is 6.44. The number of rotatable bonds is 9. The van der Waals surface area contributed by atoms with Gasteiger partial charge in [-0.15, -0.1) is 11.3 Å². The lowest BCUT2D eigenvalue weighted by atomic mass is 10.0. The Hall–Kier alpha value is -3.51. The van der Waals surface area contributed by atoms with Crippen molar-refractivity contribution >= 4 is 22.9 Å². The number of hydrogen-bond acceptors (Lipinski definition) is 7. The van der Waals surface area contributed by atoms with E-state index in [9.17, 15) is 18.0 Å². The van der Waals surface area contributed by atoms with Gasteiger partial charge in [-0.25, -0.2) is 14.5 Å². The molecule has 0 aliphatic carbocycles. The molecule has 0 bridgehead atoms. The molecule has 4 rings (SSSR count). The Morgan fingerprint density at radius 3 is 2.41 bits per heavy atom. The van der Waals surface area contributed by atoms with Gasteiger partial charge in [-0.2, -0.15) is 18.3 Å². The van der Waals surface area contributed by atoms with Crippen molar-refractivity contribution < 1.29 is 22.7 Å². The third kappa shape index (κ3) is 5.76. The normalized spacial score (nSPS) is 12.9. The van der Waals surface area contributed by atoms with Crippen LogP contribution in [0.1, 0.15) is 53.4 Å². The van der Waals surface area contributed by atoms with Crippen LogP contribution in [0.25, 0.3) is 16.9 Å². The fourth-order valence-electron chi connectivity index (χ4n) is 4.42. The van der Waals surface area contributed by atoms with E-state index in [1.165, 1.54) is 20.2 Å². The van der Waals surface area contributed by atoms with Crippen LogP contribution in [0.5, 0.6) is 5.75 Å². The zero-order valence-electron chi connectivity index (χ0n) is 22.7. The van der Waals surface area contributed by atoms with Gasteiger partial charge in [-0.3, -0.25) is 9.69 Å². The van der Waals surface area contributed by atoms with Crippen LogP contribution < -0.4 is 4.74 Å². The van der Waals surface area contributed by atoms with E-state index in [2.05, 4.69) is 20.0 Å². The lowest BCUT2D eigenvalue weighted by molar-refractivity contribution is -0.143. The second kappa shape index (κ2) is 11.3. The number of carbonyl (C=O) groups is 1. The van der Waals surface area contributed by atoms with Gasteiger partial charge in [0.15, 0.2) is 11.3 Å². The van der Waals surface area contributed by atoms with E-state index in [4.69, 9.17) is 4.74 Å². The van der Waals surface area contributed by atoms with Gasteiger partial charge >= 0.3 is 6.18 Å². The molecule has 0 saturated heterocycles. The quantitative estimate of drug-likeness (QED) is 0.260. The van der Waals surface area contributed by atoms with Crippen molar-refractivity contribution in [1.29, 1.82) is 0 Å². The Balaban J connectivity index is 1.73. The molecule has 0 unspecified atom stereocenters. The molecule has 1 amide bonds. The summed E-state index contributed by atoms with van der Waals surface area (Å²) in [7, 11) is 3.46. The van der Waals surface area contributed by atoms with Crippen molar-refractivity contribution in [3.63, 3.8) is 0 Å². The Kier molecular flexibility index (Phi) is 8.26. The Labute approximate surface area is 229 Å². The van der Waals surface area contributed by atoms with Crippen molar-refractivity contribution in [3.05, 3.63) is 63.9 Å². The predicted octanol–water partition coefficient (Wildman–Crippen LogP) is 5.73. The monoisotopic (exact) mass is 560 g/mol. The molecule has 12 heteroatoms. The molecule has 4 aromatic rings. The molecule has 0 fully saturated rings. The topological polar surface area (TPSA) is 75.9 Å². The van der Waals surface area contributed by atoms with E-state index in [0.717, 1.165) is 9.52 Å². The maximum Gasteiger partial charge on any atom is 0.433 e. The standard InChI is InChI=1S/C27H31F3N6O2S/c1-16(2)35(13-12-34(5)18(4)25-31-11-14-39-25)26(37)21-15-32-36-23(27(28,29)30)17(3)22(33-24(21)36)19-7-9-20(38-6)10-8-19/h7-11,14-16,18H,12-13H2,1-6H3/t18-/m0/s1. The first-order chi connectivity index (χ1) is 18.4. The van der Waals surface area contributed by atoms with Crippen molar-refractivity contribution in [2.45, 2.75) is 46.0 Å². The summed E-state index contributed by atoms with van der Waals surface area (Å²) in [4.78, 5) is 26.4. The number of methoxy groups -OCH3 is 1. The summed E-state index contributed by atoms with van der Waals surface area (Å²) in [6.07, 6.45) is -1.79. The molecule has 0 aliphatic rings. The number of thiazole rings is 1. The minimum absolute atomic E-state index is 0.0135. The first-order valence-corrected chi connectivity index (χ1v) is 13.3. The van der Waals surface area contributed by atoms with Crippen LogP contribution in [0.4, 0.5) is 13.2 Å². The molecule has 208 valence electrons. The number of nitrogens with zero attached hydrogens (tertiary/aromatic N) is 6. The third-order valence-electron chi connectivity index (χ3n) is 6.79. The first-order valence-electron chi connectivity index (χ1n) is 12.4. The average Bonchev–Trinajstić information content (AvgIpc) is 3.57. The maximum absolute atomic E-state index is 14.3. The number of amides is 1. The lowest BCUT2D eigenvalue weighted by Gasteiger charge is -2.30. The maximum atomic E-state index is 14.3. The van der Waals surface area contributed by atoms with Gasteiger partial charge in [-0.1, -0.05) is 0 Å². The van der Waals surface area contributed by atoms with E-state index >= 15 is 0 Å².